The lowest BCUT2D eigenvalue weighted by molar-refractivity contribution is 0.0687. The van der Waals surface area contributed by atoms with Crippen molar-refractivity contribution in [3.63, 3.8) is 0 Å². The van der Waals surface area contributed by atoms with Gasteiger partial charge < -0.3 is 18.9 Å². The second kappa shape index (κ2) is 8.94. The Kier molecular flexibility index (Phi) is 5.71. The molecule has 5 rings (SSSR count). The maximum absolute atomic E-state index is 13.2. The zero-order valence-electron chi connectivity index (χ0n) is 17.4. The van der Waals surface area contributed by atoms with Gasteiger partial charge in [0, 0.05) is 36.7 Å². The van der Waals surface area contributed by atoms with Gasteiger partial charge in [-0.2, -0.15) is 0 Å². The van der Waals surface area contributed by atoms with Crippen molar-refractivity contribution in [2.75, 3.05) is 19.8 Å². The summed E-state index contributed by atoms with van der Waals surface area (Å²) in [7, 11) is 0. The lowest BCUT2D eigenvalue weighted by Crippen LogP contribution is -2.32. The smallest absolute Gasteiger partial charge is 0.293 e. The predicted octanol–water partition coefficient (Wildman–Crippen LogP) is 4.56. The SMILES string of the molecule is O=C(c1cc(-c2ccccc2)no1)N(Cc1cccc(OCC2CCOC2)c1)C1CC1. The topological polar surface area (TPSA) is 64.8 Å². The van der Waals surface area contributed by atoms with E-state index in [-0.39, 0.29) is 17.7 Å². The van der Waals surface area contributed by atoms with Crippen molar-refractivity contribution in [2.45, 2.75) is 31.8 Å². The highest BCUT2D eigenvalue weighted by atomic mass is 16.5. The molecule has 1 saturated carbocycles. The van der Waals surface area contributed by atoms with Crippen LogP contribution in [0.15, 0.2) is 65.2 Å². The molecule has 2 fully saturated rings. The van der Waals surface area contributed by atoms with E-state index in [1.807, 2.05) is 59.5 Å². The molecule has 1 aliphatic heterocycles. The molecule has 2 aliphatic rings. The minimum Gasteiger partial charge on any atom is -0.493 e. The average molecular weight is 418 g/mol. The minimum atomic E-state index is -0.119. The molecule has 0 bridgehead atoms. The van der Waals surface area contributed by atoms with Crippen LogP contribution in [0.3, 0.4) is 0 Å². The third-order valence-corrected chi connectivity index (χ3v) is 5.80. The molecule has 1 unspecified atom stereocenters. The Labute approximate surface area is 181 Å². The van der Waals surface area contributed by atoms with Gasteiger partial charge in [0.2, 0.25) is 5.76 Å². The summed E-state index contributed by atoms with van der Waals surface area (Å²) >= 11 is 0. The molecular formula is C25H26N2O4. The van der Waals surface area contributed by atoms with Crippen LogP contribution in [0.1, 0.15) is 35.4 Å². The molecule has 1 aromatic heterocycles. The summed E-state index contributed by atoms with van der Waals surface area (Å²) in [5.41, 5.74) is 2.65. The van der Waals surface area contributed by atoms with E-state index in [9.17, 15) is 4.79 Å². The number of carbonyl (C=O) groups excluding carboxylic acids is 1. The Bertz CT molecular complexity index is 1020. The van der Waals surface area contributed by atoms with E-state index in [1.165, 1.54) is 0 Å². The summed E-state index contributed by atoms with van der Waals surface area (Å²) in [5.74, 6) is 1.45. The molecule has 0 spiro atoms. The second-order valence-corrected chi connectivity index (χ2v) is 8.29. The molecule has 31 heavy (non-hydrogen) atoms. The number of rotatable bonds is 8. The van der Waals surface area contributed by atoms with Crippen LogP contribution in [0.25, 0.3) is 11.3 Å². The van der Waals surface area contributed by atoms with Crippen LogP contribution in [0.5, 0.6) is 5.75 Å². The Morgan fingerprint density at radius 3 is 2.71 bits per heavy atom. The molecule has 2 aromatic carbocycles. The highest BCUT2D eigenvalue weighted by Crippen LogP contribution is 2.31. The summed E-state index contributed by atoms with van der Waals surface area (Å²) in [6.45, 7) is 2.77. The molecule has 0 radical (unpaired) electrons. The molecule has 1 saturated heterocycles. The summed E-state index contributed by atoms with van der Waals surface area (Å²) in [6, 6.07) is 19.7. The van der Waals surface area contributed by atoms with E-state index in [0.29, 0.717) is 24.8 Å². The van der Waals surface area contributed by atoms with Gasteiger partial charge in [0.1, 0.15) is 11.4 Å². The summed E-state index contributed by atoms with van der Waals surface area (Å²) in [6.07, 6.45) is 3.08. The van der Waals surface area contributed by atoms with Crippen molar-refractivity contribution in [1.29, 1.82) is 0 Å². The van der Waals surface area contributed by atoms with Crippen LogP contribution in [0.2, 0.25) is 0 Å². The highest BCUT2D eigenvalue weighted by molar-refractivity contribution is 5.92. The summed E-state index contributed by atoms with van der Waals surface area (Å²) < 4.78 is 16.8. The molecule has 160 valence electrons. The van der Waals surface area contributed by atoms with Crippen molar-refractivity contribution < 1.29 is 18.8 Å². The number of aromatic nitrogens is 1. The van der Waals surface area contributed by atoms with E-state index in [1.54, 1.807) is 6.07 Å². The van der Waals surface area contributed by atoms with Gasteiger partial charge in [-0.05, 0) is 37.0 Å². The lowest BCUT2D eigenvalue weighted by atomic mass is 10.1. The number of nitrogens with zero attached hydrogens (tertiary/aromatic N) is 2. The third-order valence-electron chi connectivity index (χ3n) is 5.80. The van der Waals surface area contributed by atoms with Crippen LogP contribution in [-0.4, -0.2) is 41.8 Å². The van der Waals surface area contributed by atoms with E-state index in [0.717, 1.165) is 49.4 Å². The van der Waals surface area contributed by atoms with Crippen LogP contribution >= 0.6 is 0 Å². The Morgan fingerprint density at radius 2 is 1.94 bits per heavy atom. The molecular weight excluding hydrogens is 392 g/mol. The number of amides is 1. The van der Waals surface area contributed by atoms with Gasteiger partial charge >= 0.3 is 0 Å². The standard InChI is InChI=1S/C25H26N2O4/c28-25(24-14-23(26-31-24)20-6-2-1-3-7-20)27(21-9-10-21)15-18-5-4-8-22(13-18)30-17-19-11-12-29-16-19/h1-8,13-14,19,21H,9-12,15-17H2. The number of ether oxygens (including phenoxy) is 2. The number of carbonyl (C=O) groups is 1. The fraction of sp³-hybridized carbons (Fsp3) is 0.360. The van der Waals surface area contributed by atoms with Gasteiger partial charge in [0.05, 0.1) is 13.2 Å². The van der Waals surface area contributed by atoms with Crippen LogP contribution < -0.4 is 4.74 Å². The zero-order chi connectivity index (χ0) is 21.0. The zero-order valence-corrected chi connectivity index (χ0v) is 17.4. The fourth-order valence-electron chi connectivity index (χ4n) is 3.87. The summed E-state index contributed by atoms with van der Waals surface area (Å²) in [5, 5.41) is 4.10. The Hall–Kier alpha value is -3.12. The number of hydrogen-bond donors (Lipinski definition) is 0. The van der Waals surface area contributed by atoms with Crippen LogP contribution in [-0.2, 0) is 11.3 Å². The molecule has 1 atom stereocenters. The quantitative estimate of drug-likeness (QED) is 0.537. The van der Waals surface area contributed by atoms with Crippen molar-refractivity contribution in [3.05, 3.63) is 72.0 Å². The molecule has 6 nitrogen and oxygen atoms in total. The van der Waals surface area contributed by atoms with Crippen LogP contribution in [0, 0.1) is 5.92 Å². The maximum Gasteiger partial charge on any atom is 0.293 e. The van der Waals surface area contributed by atoms with Crippen LogP contribution in [0.4, 0.5) is 0 Å². The third kappa shape index (κ3) is 4.80. The van der Waals surface area contributed by atoms with Gasteiger partial charge in [0.25, 0.3) is 5.91 Å². The molecule has 3 aromatic rings. The van der Waals surface area contributed by atoms with Crippen molar-refractivity contribution in [3.8, 4) is 17.0 Å². The monoisotopic (exact) mass is 418 g/mol. The minimum absolute atomic E-state index is 0.119. The first-order valence-electron chi connectivity index (χ1n) is 10.9. The number of hydrogen-bond acceptors (Lipinski definition) is 5. The maximum atomic E-state index is 13.2. The molecule has 1 aliphatic carbocycles. The van der Waals surface area contributed by atoms with E-state index in [2.05, 4.69) is 5.16 Å². The first kappa shape index (κ1) is 19.8. The molecule has 0 N–H and O–H groups in total. The molecule has 2 heterocycles. The van der Waals surface area contributed by atoms with E-state index in [4.69, 9.17) is 14.0 Å². The normalized spacial score (nSPS) is 18.1. The van der Waals surface area contributed by atoms with Crippen molar-refractivity contribution in [1.82, 2.24) is 10.1 Å². The van der Waals surface area contributed by atoms with Gasteiger partial charge in [-0.15, -0.1) is 0 Å². The first-order valence-corrected chi connectivity index (χ1v) is 10.9. The summed E-state index contributed by atoms with van der Waals surface area (Å²) in [4.78, 5) is 15.1. The molecule has 1 amide bonds. The first-order chi connectivity index (χ1) is 15.3. The fourth-order valence-corrected chi connectivity index (χ4v) is 3.87. The lowest BCUT2D eigenvalue weighted by Gasteiger charge is -2.21. The van der Waals surface area contributed by atoms with E-state index >= 15 is 0 Å². The second-order valence-electron chi connectivity index (χ2n) is 8.29. The Morgan fingerprint density at radius 1 is 1.06 bits per heavy atom. The molecule has 6 heteroatoms. The van der Waals surface area contributed by atoms with Crippen molar-refractivity contribution >= 4 is 5.91 Å². The Balaban J connectivity index is 1.27. The average Bonchev–Trinajstić information content (AvgIpc) is 3.29. The predicted molar refractivity (Wildman–Crippen MR) is 116 cm³/mol. The van der Waals surface area contributed by atoms with Gasteiger partial charge in [0.15, 0.2) is 0 Å². The van der Waals surface area contributed by atoms with Gasteiger partial charge in [-0.25, -0.2) is 0 Å². The van der Waals surface area contributed by atoms with Gasteiger partial charge in [-0.3, -0.25) is 4.79 Å². The van der Waals surface area contributed by atoms with Gasteiger partial charge in [-0.1, -0.05) is 47.6 Å². The van der Waals surface area contributed by atoms with E-state index < -0.39 is 0 Å². The van der Waals surface area contributed by atoms with Crippen molar-refractivity contribution in [2.24, 2.45) is 5.92 Å². The highest BCUT2D eigenvalue weighted by Gasteiger charge is 2.35. The largest absolute Gasteiger partial charge is 0.493 e. The number of benzene rings is 2.